The van der Waals surface area contributed by atoms with E-state index in [9.17, 15) is 14.4 Å². The lowest BCUT2D eigenvalue weighted by Crippen LogP contribution is -2.30. The largest absolute Gasteiger partial charge is 0.462 e. The maximum Gasteiger partial charge on any atom is 0.306 e. The molecule has 6 heteroatoms. The van der Waals surface area contributed by atoms with Gasteiger partial charge in [-0.1, -0.05) is 179 Å². The minimum absolute atomic E-state index is 0.153. The van der Waals surface area contributed by atoms with Crippen molar-refractivity contribution in [1.82, 2.24) is 0 Å². The molecule has 1 unspecified atom stereocenters. The number of allylic oxidation sites excluding steroid dienone is 26. The van der Waals surface area contributed by atoms with Crippen LogP contribution in [-0.4, -0.2) is 37.2 Å². The van der Waals surface area contributed by atoms with Crippen LogP contribution in [0.2, 0.25) is 0 Å². The van der Waals surface area contributed by atoms with Gasteiger partial charge in [0.2, 0.25) is 0 Å². The molecular formula is C57H84O6. The summed E-state index contributed by atoms with van der Waals surface area (Å²) in [4.78, 5) is 37.8. The zero-order valence-corrected chi connectivity index (χ0v) is 39.5. The minimum atomic E-state index is -0.857. The van der Waals surface area contributed by atoms with E-state index in [1.807, 2.05) is 0 Å². The lowest BCUT2D eigenvalue weighted by molar-refractivity contribution is -0.166. The normalized spacial score (nSPS) is 13.5. The molecule has 0 aliphatic carbocycles. The fourth-order valence-corrected chi connectivity index (χ4v) is 5.53. The van der Waals surface area contributed by atoms with Gasteiger partial charge in [0.25, 0.3) is 0 Å². The molecule has 63 heavy (non-hydrogen) atoms. The second kappa shape index (κ2) is 49.7. The highest BCUT2D eigenvalue weighted by atomic mass is 16.6. The summed E-state index contributed by atoms with van der Waals surface area (Å²) in [5.74, 6) is -1.14. The van der Waals surface area contributed by atoms with E-state index in [-0.39, 0.29) is 44.4 Å². The zero-order chi connectivity index (χ0) is 45.8. The molecule has 0 aliphatic heterocycles. The molecule has 0 bridgehead atoms. The van der Waals surface area contributed by atoms with Gasteiger partial charge in [-0.2, -0.15) is 0 Å². The van der Waals surface area contributed by atoms with Crippen molar-refractivity contribution in [3.63, 3.8) is 0 Å². The predicted molar refractivity (Wildman–Crippen MR) is 269 cm³/mol. The van der Waals surface area contributed by atoms with Crippen molar-refractivity contribution in [2.75, 3.05) is 13.2 Å². The van der Waals surface area contributed by atoms with Crippen molar-refractivity contribution in [3.05, 3.63) is 158 Å². The second-order valence-corrected chi connectivity index (χ2v) is 14.9. The van der Waals surface area contributed by atoms with E-state index in [1.165, 1.54) is 0 Å². The first-order chi connectivity index (χ1) is 31.0. The first-order valence-corrected chi connectivity index (χ1v) is 24.0. The Labute approximate surface area is 384 Å². The SMILES string of the molecule is CC/C=C\C/C=C\C/C=C\C/C=C\C/C=C\CCCC(=O)OCC(COC(=O)CCC/C=C\C/C=C\C/C=C\CC)OC(=O)CCC/C=C\C/C=C\C/C=C\C/C=C\C/C=C\CC. The Bertz CT molecular complexity index is 1510. The van der Waals surface area contributed by atoms with Crippen LogP contribution in [0.3, 0.4) is 0 Å². The lowest BCUT2D eigenvalue weighted by atomic mass is 10.2. The molecule has 0 spiro atoms. The third-order valence-electron chi connectivity index (χ3n) is 9.01. The van der Waals surface area contributed by atoms with Gasteiger partial charge < -0.3 is 14.2 Å². The quantitative estimate of drug-likeness (QED) is 0.0264. The fourth-order valence-electron chi connectivity index (χ4n) is 5.53. The molecule has 0 N–H and O–H groups in total. The van der Waals surface area contributed by atoms with Crippen LogP contribution in [-0.2, 0) is 28.6 Å². The van der Waals surface area contributed by atoms with Crippen LogP contribution in [0.25, 0.3) is 0 Å². The number of hydrogen-bond acceptors (Lipinski definition) is 6. The summed E-state index contributed by atoms with van der Waals surface area (Å²) in [6.45, 7) is 6.10. The summed E-state index contributed by atoms with van der Waals surface area (Å²) >= 11 is 0. The molecule has 0 aromatic rings. The van der Waals surface area contributed by atoms with Crippen LogP contribution in [0.15, 0.2) is 158 Å². The molecule has 6 nitrogen and oxygen atoms in total. The lowest BCUT2D eigenvalue weighted by Gasteiger charge is -2.18. The number of hydrogen-bond donors (Lipinski definition) is 0. The van der Waals surface area contributed by atoms with Crippen molar-refractivity contribution in [2.24, 2.45) is 0 Å². The van der Waals surface area contributed by atoms with E-state index in [4.69, 9.17) is 14.2 Å². The van der Waals surface area contributed by atoms with E-state index in [1.54, 1.807) is 0 Å². The standard InChI is InChI=1S/C57H84O6/c1-4-7-10-13-16-19-22-24-26-28-30-32-35-38-41-44-47-50-56(59)62-53-54(52-61-55(58)49-46-43-40-37-34-21-18-15-12-9-6-3)63-57(60)51-48-45-42-39-36-33-31-29-27-25-23-20-17-14-11-8-5-2/h7-12,16-21,24-27,30-33,37-42,54H,4-6,13-15,22-23,28-29,34-36,43-53H2,1-3H3/b10-7-,11-8-,12-9-,19-16-,20-17-,21-18-,26-24-,27-25-,32-30-,33-31-,40-37-,41-38-,42-39-. The van der Waals surface area contributed by atoms with Gasteiger partial charge in [0.1, 0.15) is 13.2 Å². The van der Waals surface area contributed by atoms with Crippen LogP contribution in [0.5, 0.6) is 0 Å². The minimum Gasteiger partial charge on any atom is -0.462 e. The summed E-state index contributed by atoms with van der Waals surface area (Å²) < 4.78 is 16.6. The highest BCUT2D eigenvalue weighted by Gasteiger charge is 2.19. The van der Waals surface area contributed by atoms with Crippen LogP contribution < -0.4 is 0 Å². The Morgan fingerprint density at radius 3 is 0.794 bits per heavy atom. The van der Waals surface area contributed by atoms with E-state index >= 15 is 0 Å². The van der Waals surface area contributed by atoms with Gasteiger partial charge >= 0.3 is 17.9 Å². The van der Waals surface area contributed by atoms with Gasteiger partial charge in [-0.25, -0.2) is 0 Å². The summed E-state index contributed by atoms with van der Waals surface area (Å²) in [6.07, 6.45) is 72.5. The van der Waals surface area contributed by atoms with Gasteiger partial charge in [-0.3, -0.25) is 14.4 Å². The Hall–Kier alpha value is -4.97. The zero-order valence-electron chi connectivity index (χ0n) is 39.5. The summed E-state index contributed by atoms with van der Waals surface area (Å²) in [5, 5.41) is 0. The molecule has 0 saturated carbocycles. The number of carbonyl (C=O) groups excluding carboxylic acids is 3. The average Bonchev–Trinajstić information content (AvgIpc) is 3.28. The van der Waals surface area contributed by atoms with Crippen molar-refractivity contribution >= 4 is 17.9 Å². The fraction of sp³-hybridized carbons (Fsp3) is 0.491. The number of unbranched alkanes of at least 4 members (excludes halogenated alkanes) is 3. The highest BCUT2D eigenvalue weighted by Crippen LogP contribution is 2.08. The van der Waals surface area contributed by atoms with E-state index in [0.29, 0.717) is 19.3 Å². The van der Waals surface area contributed by atoms with Gasteiger partial charge in [0.05, 0.1) is 0 Å². The molecule has 0 aromatic heterocycles. The van der Waals surface area contributed by atoms with E-state index in [0.717, 1.165) is 103 Å². The molecule has 348 valence electrons. The first kappa shape index (κ1) is 58.0. The highest BCUT2D eigenvalue weighted by molar-refractivity contribution is 5.71. The van der Waals surface area contributed by atoms with Gasteiger partial charge in [0, 0.05) is 19.3 Å². The Balaban J connectivity index is 4.66. The number of esters is 3. The number of ether oxygens (including phenoxy) is 3. The molecule has 0 saturated heterocycles. The van der Waals surface area contributed by atoms with Crippen LogP contribution in [0, 0.1) is 0 Å². The van der Waals surface area contributed by atoms with Crippen molar-refractivity contribution in [3.8, 4) is 0 Å². The van der Waals surface area contributed by atoms with Crippen molar-refractivity contribution in [2.45, 2.75) is 168 Å². The van der Waals surface area contributed by atoms with Gasteiger partial charge in [0.15, 0.2) is 6.10 Å². The van der Waals surface area contributed by atoms with Gasteiger partial charge in [-0.05, 0) is 122 Å². The monoisotopic (exact) mass is 865 g/mol. The van der Waals surface area contributed by atoms with E-state index < -0.39 is 12.1 Å². The summed E-state index contributed by atoms with van der Waals surface area (Å²) in [5.41, 5.74) is 0. The third kappa shape index (κ3) is 47.9. The van der Waals surface area contributed by atoms with Gasteiger partial charge in [-0.15, -0.1) is 0 Å². The molecule has 0 aliphatic rings. The molecule has 0 radical (unpaired) electrons. The molecule has 1 atom stereocenters. The van der Waals surface area contributed by atoms with Crippen LogP contribution >= 0.6 is 0 Å². The topological polar surface area (TPSA) is 78.9 Å². The molecule has 0 aromatic carbocycles. The Morgan fingerprint density at radius 1 is 0.317 bits per heavy atom. The first-order valence-electron chi connectivity index (χ1n) is 24.0. The van der Waals surface area contributed by atoms with E-state index in [2.05, 4.69) is 179 Å². The molecule has 0 fully saturated rings. The number of carbonyl (C=O) groups is 3. The summed E-state index contributed by atoms with van der Waals surface area (Å²) in [6, 6.07) is 0. The number of rotatable bonds is 40. The average molecular weight is 865 g/mol. The second-order valence-electron chi connectivity index (χ2n) is 14.9. The molecule has 0 amide bonds. The van der Waals surface area contributed by atoms with Crippen LogP contribution in [0.4, 0.5) is 0 Å². The van der Waals surface area contributed by atoms with Crippen molar-refractivity contribution in [1.29, 1.82) is 0 Å². The predicted octanol–water partition coefficient (Wildman–Crippen LogP) is 15.9. The summed E-state index contributed by atoms with van der Waals surface area (Å²) in [7, 11) is 0. The maximum absolute atomic E-state index is 12.7. The van der Waals surface area contributed by atoms with Crippen LogP contribution in [0.1, 0.15) is 162 Å². The van der Waals surface area contributed by atoms with Crippen molar-refractivity contribution < 1.29 is 28.6 Å². The maximum atomic E-state index is 12.7. The molecule has 0 heterocycles. The smallest absolute Gasteiger partial charge is 0.306 e. The third-order valence-corrected chi connectivity index (χ3v) is 9.01. The molecular weight excluding hydrogens is 781 g/mol. The molecule has 0 rings (SSSR count). The Morgan fingerprint density at radius 2 is 0.540 bits per heavy atom. The Kier molecular flexibility index (Phi) is 45.8.